The minimum absolute atomic E-state index is 0.241. The Balaban J connectivity index is 1.79. The Morgan fingerprint density at radius 2 is 1.65 bits per heavy atom. The second kappa shape index (κ2) is 10.9. The molecule has 34 heavy (non-hydrogen) atoms. The second-order valence-corrected chi connectivity index (χ2v) is 9.79. The third-order valence-electron chi connectivity index (χ3n) is 4.36. The van der Waals surface area contributed by atoms with Gasteiger partial charge in [-0.3, -0.25) is 9.59 Å². The van der Waals surface area contributed by atoms with Crippen LogP contribution in [0.25, 0.3) is 0 Å². The Hall–Kier alpha value is -2.43. The number of carboxylic acid groups (broad SMARTS) is 1. The number of aryl methyl sites for hydroxylation is 1. The van der Waals surface area contributed by atoms with Gasteiger partial charge in [0.2, 0.25) is 5.91 Å². The van der Waals surface area contributed by atoms with E-state index in [4.69, 9.17) is 50.9 Å². The van der Waals surface area contributed by atoms with Crippen LogP contribution in [0.5, 0.6) is 0 Å². The van der Waals surface area contributed by atoms with Crippen LogP contribution in [0.15, 0.2) is 39.8 Å². The fraction of sp³-hybridized carbons (Fsp3) is 0.143. The van der Waals surface area contributed by atoms with E-state index in [9.17, 15) is 19.5 Å². The maximum Gasteiger partial charge on any atom is 0.338 e. The zero-order valence-corrected chi connectivity index (χ0v) is 21.3. The number of nitrogens with one attached hydrogen (secondary N) is 2. The standard InChI is InChI=1S/C21H15Cl4N3O5S/c1-8-6-12(28-33-8)27-19(29)9(2)34-11-5-3-4-10(7-11)26-20(30)13-14(21(31)32)16(23)18(25)17(24)15(13)22/h3-7,9H,1-2H3,(H,26,30)(H,31,32)(H,27,28,29). The van der Waals surface area contributed by atoms with Crippen LogP contribution in [0.1, 0.15) is 33.4 Å². The van der Waals surface area contributed by atoms with Crippen molar-refractivity contribution in [2.24, 2.45) is 0 Å². The van der Waals surface area contributed by atoms with Crippen molar-refractivity contribution in [2.75, 3.05) is 10.6 Å². The fourth-order valence-electron chi connectivity index (χ4n) is 2.80. The quantitative estimate of drug-likeness (QED) is 0.167. The number of aromatic nitrogens is 1. The number of carboxylic acids is 1. The lowest BCUT2D eigenvalue weighted by atomic mass is 10.1. The number of anilines is 2. The lowest BCUT2D eigenvalue weighted by Crippen LogP contribution is -2.22. The van der Waals surface area contributed by atoms with Crippen molar-refractivity contribution in [2.45, 2.75) is 24.0 Å². The lowest BCUT2D eigenvalue weighted by molar-refractivity contribution is -0.115. The summed E-state index contributed by atoms with van der Waals surface area (Å²) in [7, 11) is 0. The summed E-state index contributed by atoms with van der Waals surface area (Å²) in [6.45, 7) is 3.41. The maximum atomic E-state index is 12.9. The number of hydrogen-bond acceptors (Lipinski definition) is 6. The van der Waals surface area contributed by atoms with Gasteiger partial charge in [0.05, 0.1) is 36.5 Å². The molecular weight excluding hydrogens is 548 g/mol. The maximum absolute atomic E-state index is 12.9. The highest BCUT2D eigenvalue weighted by atomic mass is 35.5. The van der Waals surface area contributed by atoms with Gasteiger partial charge < -0.3 is 20.3 Å². The number of benzene rings is 2. The van der Waals surface area contributed by atoms with Gasteiger partial charge in [0.1, 0.15) is 5.76 Å². The molecule has 8 nitrogen and oxygen atoms in total. The van der Waals surface area contributed by atoms with Gasteiger partial charge in [0.25, 0.3) is 5.91 Å². The Bertz CT molecular complexity index is 1300. The highest BCUT2D eigenvalue weighted by Gasteiger charge is 2.29. The number of hydrogen-bond donors (Lipinski definition) is 3. The Morgan fingerprint density at radius 1 is 1.00 bits per heavy atom. The van der Waals surface area contributed by atoms with Crippen LogP contribution in [0.4, 0.5) is 11.5 Å². The molecule has 3 N–H and O–H groups in total. The van der Waals surface area contributed by atoms with Crippen molar-refractivity contribution in [3.05, 3.63) is 67.3 Å². The molecule has 1 unspecified atom stereocenters. The van der Waals surface area contributed by atoms with E-state index in [-0.39, 0.29) is 21.0 Å². The first-order valence-corrected chi connectivity index (χ1v) is 11.8. The molecule has 178 valence electrons. The van der Waals surface area contributed by atoms with Crippen molar-refractivity contribution in [1.29, 1.82) is 0 Å². The predicted molar refractivity (Wildman–Crippen MR) is 133 cm³/mol. The van der Waals surface area contributed by atoms with Gasteiger partial charge in [-0.25, -0.2) is 4.79 Å². The summed E-state index contributed by atoms with van der Waals surface area (Å²) in [5, 5.41) is 16.7. The molecule has 13 heteroatoms. The van der Waals surface area contributed by atoms with Crippen LogP contribution < -0.4 is 10.6 Å². The minimum atomic E-state index is -1.50. The van der Waals surface area contributed by atoms with Gasteiger partial charge in [0, 0.05) is 16.6 Å². The van der Waals surface area contributed by atoms with Crippen LogP contribution in [-0.4, -0.2) is 33.3 Å². The van der Waals surface area contributed by atoms with Gasteiger partial charge in [-0.1, -0.05) is 57.6 Å². The Morgan fingerprint density at radius 3 is 2.24 bits per heavy atom. The zero-order valence-electron chi connectivity index (χ0n) is 17.4. The number of thioether (sulfide) groups is 1. The fourth-order valence-corrected chi connectivity index (χ4v) is 4.74. The molecular formula is C21H15Cl4N3O5S. The Kier molecular flexibility index (Phi) is 8.38. The number of rotatable bonds is 7. The van der Waals surface area contributed by atoms with Crippen LogP contribution in [0.3, 0.4) is 0 Å². The van der Waals surface area contributed by atoms with E-state index in [1.165, 1.54) is 11.8 Å². The van der Waals surface area contributed by atoms with Crippen LogP contribution >= 0.6 is 58.2 Å². The molecule has 0 aliphatic carbocycles. The molecule has 1 aromatic heterocycles. The van der Waals surface area contributed by atoms with Crippen LogP contribution in [0.2, 0.25) is 20.1 Å². The summed E-state index contributed by atoms with van der Waals surface area (Å²) in [5.41, 5.74) is -0.677. The van der Waals surface area contributed by atoms with Gasteiger partial charge in [0.15, 0.2) is 5.82 Å². The summed E-state index contributed by atoms with van der Waals surface area (Å²) in [5.74, 6) is -1.77. The van der Waals surface area contributed by atoms with E-state index >= 15 is 0 Å². The molecule has 0 saturated heterocycles. The molecule has 0 aliphatic heterocycles. The summed E-state index contributed by atoms with van der Waals surface area (Å²) in [6, 6.07) is 8.19. The first kappa shape index (κ1) is 26.2. The second-order valence-electron chi connectivity index (χ2n) is 6.87. The molecule has 2 amide bonds. The largest absolute Gasteiger partial charge is 0.478 e. The summed E-state index contributed by atoms with van der Waals surface area (Å²) in [6.07, 6.45) is 0. The van der Waals surface area contributed by atoms with Crippen molar-refractivity contribution in [3.8, 4) is 0 Å². The van der Waals surface area contributed by atoms with Crippen LogP contribution in [0, 0.1) is 6.92 Å². The van der Waals surface area contributed by atoms with Crippen molar-refractivity contribution < 1.29 is 24.0 Å². The molecule has 0 aliphatic rings. The first-order chi connectivity index (χ1) is 16.0. The van der Waals surface area contributed by atoms with Crippen molar-refractivity contribution in [3.63, 3.8) is 0 Å². The van der Waals surface area contributed by atoms with Crippen LogP contribution in [-0.2, 0) is 4.79 Å². The molecule has 0 saturated carbocycles. The van der Waals surface area contributed by atoms with E-state index in [0.29, 0.717) is 22.2 Å². The summed E-state index contributed by atoms with van der Waals surface area (Å²) < 4.78 is 4.92. The van der Waals surface area contributed by atoms with E-state index in [2.05, 4.69) is 15.8 Å². The first-order valence-electron chi connectivity index (χ1n) is 9.41. The molecule has 0 spiro atoms. The number of nitrogens with zero attached hydrogens (tertiary/aromatic N) is 1. The van der Waals surface area contributed by atoms with E-state index < -0.39 is 33.3 Å². The predicted octanol–water partition coefficient (Wildman–Crippen LogP) is 6.67. The topological polar surface area (TPSA) is 122 Å². The van der Waals surface area contributed by atoms with Gasteiger partial charge in [-0.15, -0.1) is 11.8 Å². The number of carbonyl (C=O) groups excluding carboxylic acids is 2. The SMILES string of the molecule is Cc1cc(NC(=O)C(C)Sc2cccc(NC(=O)c3c(Cl)c(Cl)c(Cl)c(Cl)c3C(=O)O)c2)no1. The van der Waals surface area contributed by atoms with Crippen molar-refractivity contribution in [1.82, 2.24) is 5.16 Å². The normalized spacial score (nSPS) is 11.7. The third kappa shape index (κ3) is 5.79. The third-order valence-corrected chi connectivity index (χ3v) is 7.26. The van der Waals surface area contributed by atoms with E-state index in [1.54, 1.807) is 44.2 Å². The van der Waals surface area contributed by atoms with Gasteiger partial charge in [-0.05, 0) is 32.0 Å². The zero-order chi connectivity index (χ0) is 25.2. The molecule has 0 bridgehead atoms. The van der Waals surface area contributed by atoms with Crippen molar-refractivity contribution >= 4 is 87.5 Å². The highest BCUT2D eigenvalue weighted by Crippen LogP contribution is 2.42. The molecule has 0 radical (unpaired) electrons. The number of carbonyl (C=O) groups is 3. The monoisotopic (exact) mass is 561 g/mol. The molecule has 1 heterocycles. The lowest BCUT2D eigenvalue weighted by Gasteiger charge is -2.15. The molecule has 2 aromatic carbocycles. The molecule has 1 atom stereocenters. The summed E-state index contributed by atoms with van der Waals surface area (Å²) in [4.78, 5) is 37.7. The van der Waals surface area contributed by atoms with E-state index in [0.717, 1.165) is 0 Å². The average molecular weight is 563 g/mol. The smallest absolute Gasteiger partial charge is 0.338 e. The average Bonchev–Trinajstić information content (AvgIpc) is 3.18. The Labute approximate surface area is 217 Å². The van der Waals surface area contributed by atoms with Gasteiger partial charge >= 0.3 is 5.97 Å². The molecule has 0 fully saturated rings. The summed E-state index contributed by atoms with van der Waals surface area (Å²) >= 11 is 25.3. The highest BCUT2D eigenvalue weighted by molar-refractivity contribution is 8.00. The number of amides is 2. The number of aromatic carboxylic acids is 1. The van der Waals surface area contributed by atoms with E-state index in [1.807, 2.05) is 0 Å². The number of halogens is 4. The minimum Gasteiger partial charge on any atom is -0.478 e. The molecule has 3 rings (SSSR count). The molecule has 3 aromatic rings. The van der Waals surface area contributed by atoms with Gasteiger partial charge in [-0.2, -0.15) is 0 Å².